The van der Waals surface area contributed by atoms with Crippen LogP contribution in [0.25, 0.3) is 0 Å². The molecule has 100 valence electrons. The number of alkyl halides is 3. The first-order chi connectivity index (χ1) is 8.97. The number of nitrogens with one attached hydrogen (secondary N) is 1. The number of hydrogen-bond donors (Lipinski definition) is 1. The van der Waals surface area contributed by atoms with Gasteiger partial charge in [0.25, 0.3) is 0 Å². The Morgan fingerprint density at radius 2 is 1.89 bits per heavy atom. The van der Waals surface area contributed by atoms with Crippen LogP contribution in [-0.4, -0.2) is 9.97 Å². The standard InChI is InChI=1S/C13H12F3N3/c1-9-4-2-3-5-10(9)8-18-12-17-7-6-11(19-12)13(14,15)16/h2-7H,8H2,1H3,(H,17,18,19). The first kappa shape index (κ1) is 13.3. The molecule has 0 spiro atoms. The van der Waals surface area contributed by atoms with Crippen LogP contribution in [0.2, 0.25) is 0 Å². The van der Waals surface area contributed by atoms with Crippen molar-refractivity contribution in [2.75, 3.05) is 5.32 Å². The predicted molar refractivity (Wildman–Crippen MR) is 65.5 cm³/mol. The Morgan fingerprint density at radius 1 is 1.16 bits per heavy atom. The van der Waals surface area contributed by atoms with Gasteiger partial charge in [0.2, 0.25) is 5.95 Å². The molecule has 0 unspecified atom stereocenters. The van der Waals surface area contributed by atoms with E-state index in [1.807, 2.05) is 31.2 Å². The predicted octanol–water partition coefficient (Wildman–Crippen LogP) is 3.42. The van der Waals surface area contributed by atoms with Crippen LogP contribution in [0, 0.1) is 6.92 Å². The van der Waals surface area contributed by atoms with Crippen LogP contribution >= 0.6 is 0 Å². The molecule has 6 heteroatoms. The van der Waals surface area contributed by atoms with Crippen molar-refractivity contribution in [2.45, 2.75) is 19.6 Å². The topological polar surface area (TPSA) is 37.8 Å². The SMILES string of the molecule is Cc1ccccc1CNc1nccc(C(F)(F)F)n1. The van der Waals surface area contributed by atoms with Crippen LogP contribution in [0.3, 0.4) is 0 Å². The van der Waals surface area contributed by atoms with Crippen LogP contribution in [-0.2, 0) is 12.7 Å². The molecule has 1 N–H and O–H groups in total. The van der Waals surface area contributed by atoms with Crippen LogP contribution in [0.1, 0.15) is 16.8 Å². The highest BCUT2D eigenvalue weighted by molar-refractivity contribution is 5.32. The first-order valence-electron chi connectivity index (χ1n) is 5.65. The van der Waals surface area contributed by atoms with E-state index >= 15 is 0 Å². The molecule has 0 bridgehead atoms. The maximum Gasteiger partial charge on any atom is 0.433 e. The van der Waals surface area contributed by atoms with Gasteiger partial charge >= 0.3 is 6.18 Å². The Kier molecular flexibility index (Phi) is 3.69. The number of aromatic nitrogens is 2. The van der Waals surface area contributed by atoms with Gasteiger partial charge in [-0.15, -0.1) is 0 Å². The summed E-state index contributed by atoms with van der Waals surface area (Å²) in [6.45, 7) is 2.32. The zero-order chi connectivity index (χ0) is 13.9. The summed E-state index contributed by atoms with van der Waals surface area (Å²) in [5.41, 5.74) is 1.10. The van der Waals surface area contributed by atoms with E-state index in [1.54, 1.807) is 0 Å². The molecule has 2 aromatic rings. The number of rotatable bonds is 3. The van der Waals surface area contributed by atoms with Crippen molar-refractivity contribution in [1.82, 2.24) is 9.97 Å². The van der Waals surface area contributed by atoms with Crippen LogP contribution in [0.5, 0.6) is 0 Å². The molecule has 0 aliphatic carbocycles. The van der Waals surface area contributed by atoms with E-state index in [-0.39, 0.29) is 5.95 Å². The third-order valence-corrected chi connectivity index (χ3v) is 2.64. The van der Waals surface area contributed by atoms with Crippen LogP contribution in [0.15, 0.2) is 36.5 Å². The van der Waals surface area contributed by atoms with Gasteiger partial charge in [0.05, 0.1) is 0 Å². The van der Waals surface area contributed by atoms with Gasteiger partial charge in [0.15, 0.2) is 0 Å². The van der Waals surface area contributed by atoms with Gasteiger partial charge in [-0.3, -0.25) is 0 Å². The van der Waals surface area contributed by atoms with Gasteiger partial charge < -0.3 is 5.32 Å². The fourth-order valence-electron chi connectivity index (χ4n) is 1.58. The quantitative estimate of drug-likeness (QED) is 0.926. The molecule has 1 aromatic heterocycles. The fourth-order valence-corrected chi connectivity index (χ4v) is 1.58. The Bertz CT molecular complexity index is 567. The molecule has 19 heavy (non-hydrogen) atoms. The monoisotopic (exact) mass is 267 g/mol. The fraction of sp³-hybridized carbons (Fsp3) is 0.231. The Balaban J connectivity index is 2.10. The average Bonchev–Trinajstić information content (AvgIpc) is 2.37. The summed E-state index contributed by atoms with van der Waals surface area (Å²) in [5.74, 6) is -0.0296. The summed E-state index contributed by atoms with van der Waals surface area (Å²) >= 11 is 0. The van der Waals surface area contributed by atoms with E-state index in [2.05, 4.69) is 15.3 Å². The minimum atomic E-state index is -4.46. The molecule has 0 amide bonds. The molecule has 1 heterocycles. The van der Waals surface area contributed by atoms with Gasteiger partial charge in [0, 0.05) is 12.7 Å². The number of halogens is 3. The Morgan fingerprint density at radius 3 is 2.58 bits per heavy atom. The highest BCUT2D eigenvalue weighted by Crippen LogP contribution is 2.27. The molecular formula is C13H12F3N3. The number of anilines is 1. The molecule has 0 atom stereocenters. The van der Waals surface area contributed by atoms with Crippen LogP contribution in [0.4, 0.5) is 19.1 Å². The van der Waals surface area contributed by atoms with Gasteiger partial charge in [-0.1, -0.05) is 24.3 Å². The van der Waals surface area contributed by atoms with Gasteiger partial charge in [0.1, 0.15) is 5.69 Å². The summed E-state index contributed by atoms with van der Waals surface area (Å²) in [5, 5.41) is 2.79. The molecular weight excluding hydrogens is 255 g/mol. The van der Waals surface area contributed by atoms with Gasteiger partial charge in [-0.25, -0.2) is 9.97 Å². The van der Waals surface area contributed by atoms with Crippen molar-refractivity contribution < 1.29 is 13.2 Å². The van der Waals surface area contributed by atoms with Gasteiger partial charge in [-0.05, 0) is 24.1 Å². The van der Waals surface area contributed by atoms with Crippen molar-refractivity contribution in [3.8, 4) is 0 Å². The lowest BCUT2D eigenvalue weighted by atomic mass is 10.1. The molecule has 3 nitrogen and oxygen atoms in total. The lowest BCUT2D eigenvalue weighted by Gasteiger charge is -2.09. The summed E-state index contributed by atoms with van der Waals surface area (Å²) in [6, 6.07) is 8.45. The third kappa shape index (κ3) is 3.43. The zero-order valence-corrected chi connectivity index (χ0v) is 10.2. The summed E-state index contributed by atoms with van der Waals surface area (Å²) in [7, 11) is 0. The summed E-state index contributed by atoms with van der Waals surface area (Å²) in [6.07, 6.45) is -3.36. The highest BCUT2D eigenvalue weighted by Gasteiger charge is 2.32. The summed E-state index contributed by atoms with van der Waals surface area (Å²) in [4.78, 5) is 7.22. The van der Waals surface area contributed by atoms with Gasteiger partial charge in [-0.2, -0.15) is 13.2 Å². The van der Waals surface area contributed by atoms with E-state index in [4.69, 9.17) is 0 Å². The largest absolute Gasteiger partial charge is 0.433 e. The van der Waals surface area contributed by atoms with E-state index in [9.17, 15) is 13.2 Å². The summed E-state index contributed by atoms with van der Waals surface area (Å²) < 4.78 is 37.4. The van der Waals surface area contributed by atoms with Crippen molar-refractivity contribution in [2.24, 2.45) is 0 Å². The van der Waals surface area contributed by atoms with E-state index in [0.717, 1.165) is 23.4 Å². The second-order valence-electron chi connectivity index (χ2n) is 4.04. The zero-order valence-electron chi connectivity index (χ0n) is 10.2. The molecule has 0 fully saturated rings. The number of hydrogen-bond acceptors (Lipinski definition) is 3. The maximum atomic E-state index is 12.5. The highest BCUT2D eigenvalue weighted by atomic mass is 19.4. The van der Waals surface area contributed by atoms with E-state index in [1.165, 1.54) is 0 Å². The number of nitrogens with zero attached hydrogens (tertiary/aromatic N) is 2. The lowest BCUT2D eigenvalue weighted by molar-refractivity contribution is -0.141. The molecule has 0 aliphatic heterocycles. The average molecular weight is 267 g/mol. The minimum Gasteiger partial charge on any atom is -0.350 e. The van der Waals surface area contributed by atoms with Crippen molar-refractivity contribution >= 4 is 5.95 Å². The smallest absolute Gasteiger partial charge is 0.350 e. The molecule has 0 saturated heterocycles. The third-order valence-electron chi connectivity index (χ3n) is 2.64. The lowest BCUT2D eigenvalue weighted by Crippen LogP contribution is -2.11. The molecule has 0 radical (unpaired) electrons. The molecule has 2 rings (SSSR count). The molecule has 1 aromatic carbocycles. The second-order valence-corrected chi connectivity index (χ2v) is 4.04. The van der Waals surface area contributed by atoms with Crippen molar-refractivity contribution in [1.29, 1.82) is 0 Å². The van der Waals surface area contributed by atoms with E-state index < -0.39 is 11.9 Å². The maximum absolute atomic E-state index is 12.5. The normalized spacial score (nSPS) is 11.4. The Labute approximate surface area is 108 Å². The second kappa shape index (κ2) is 5.26. The Hall–Kier alpha value is -2.11. The molecule has 0 aliphatic rings. The number of aryl methyl sites for hydroxylation is 1. The van der Waals surface area contributed by atoms with Crippen LogP contribution < -0.4 is 5.32 Å². The number of benzene rings is 1. The molecule has 0 saturated carbocycles. The first-order valence-corrected chi connectivity index (χ1v) is 5.65. The van der Waals surface area contributed by atoms with Crippen molar-refractivity contribution in [3.63, 3.8) is 0 Å². The van der Waals surface area contributed by atoms with Crippen molar-refractivity contribution in [3.05, 3.63) is 53.3 Å². The van der Waals surface area contributed by atoms with E-state index in [0.29, 0.717) is 6.54 Å². The minimum absolute atomic E-state index is 0.0296.